The van der Waals surface area contributed by atoms with E-state index in [0.717, 1.165) is 22.6 Å². The third kappa shape index (κ3) is 5.94. The Balaban J connectivity index is 1.43. The number of carbonyl (C=O) groups is 1. The van der Waals surface area contributed by atoms with Gasteiger partial charge in [-0.15, -0.1) is 28.1 Å². The Hall–Kier alpha value is -3.23. The molecule has 0 atom stereocenters. The Morgan fingerprint density at radius 2 is 1.81 bits per heavy atom. The largest absolute Gasteiger partial charge is 0.301 e. The minimum absolute atomic E-state index is 0.0823. The van der Waals surface area contributed by atoms with Crippen molar-refractivity contribution in [2.75, 3.05) is 11.1 Å². The van der Waals surface area contributed by atoms with Crippen molar-refractivity contribution in [3.63, 3.8) is 0 Å². The second-order valence-corrected chi connectivity index (χ2v) is 11.5. The maximum atomic E-state index is 12.7. The molecule has 186 valence electrons. The molecule has 2 aromatic carbocycles. The van der Waals surface area contributed by atoms with Crippen LogP contribution < -0.4 is 5.32 Å². The number of hydrogen-bond acceptors (Lipinski definition) is 6. The highest BCUT2D eigenvalue weighted by atomic mass is 32.2. The number of benzene rings is 2. The number of hydrogen-bond donors (Lipinski definition) is 1. The van der Waals surface area contributed by atoms with Crippen LogP contribution in [0.4, 0.5) is 5.13 Å². The first-order valence-electron chi connectivity index (χ1n) is 11.8. The molecule has 1 amide bonds. The van der Waals surface area contributed by atoms with E-state index in [1.54, 1.807) is 0 Å². The Bertz CT molecular complexity index is 1380. The van der Waals surface area contributed by atoms with E-state index in [1.807, 2.05) is 16.0 Å². The molecule has 0 fully saturated rings. The number of rotatable bonds is 8. The van der Waals surface area contributed by atoms with Gasteiger partial charge in [0.2, 0.25) is 5.91 Å². The zero-order valence-corrected chi connectivity index (χ0v) is 23.0. The minimum atomic E-state index is -0.134. The lowest BCUT2D eigenvalue weighted by Crippen LogP contribution is -2.14. The lowest BCUT2D eigenvalue weighted by molar-refractivity contribution is -0.113. The van der Waals surface area contributed by atoms with E-state index in [9.17, 15) is 4.79 Å². The third-order valence-corrected chi connectivity index (χ3v) is 7.65. The first-order chi connectivity index (χ1) is 17.2. The van der Waals surface area contributed by atoms with Crippen molar-refractivity contribution in [3.8, 4) is 22.6 Å². The van der Waals surface area contributed by atoms with Crippen LogP contribution in [0.1, 0.15) is 37.5 Å². The Labute approximate surface area is 220 Å². The smallest absolute Gasteiger partial charge is 0.236 e. The maximum Gasteiger partial charge on any atom is 0.236 e. The van der Waals surface area contributed by atoms with E-state index in [2.05, 4.69) is 104 Å². The standard InChI is InChI=1S/C28H31N5OS2/c1-7-14-33-25(20-10-12-22(13-11-20)28(4,5)6)31-32-27(33)36-17-24(34)30-26-29-23(16-35-26)21-9-8-18(2)19(3)15-21/h7-13,15-16H,1,14,17H2,2-6H3,(H,29,30,34). The SMILES string of the molecule is C=CCn1c(SCC(=O)Nc2nc(-c3ccc(C)c(C)c3)cs2)nnc1-c1ccc(C(C)(C)C)cc1. The minimum Gasteiger partial charge on any atom is -0.301 e. The van der Waals surface area contributed by atoms with Crippen molar-refractivity contribution in [2.45, 2.75) is 51.7 Å². The van der Waals surface area contributed by atoms with Crippen LogP contribution >= 0.6 is 23.1 Å². The maximum absolute atomic E-state index is 12.7. The Morgan fingerprint density at radius 1 is 1.08 bits per heavy atom. The molecule has 0 saturated heterocycles. The molecule has 0 bridgehead atoms. The molecule has 0 aliphatic carbocycles. The van der Waals surface area contributed by atoms with Gasteiger partial charge in [-0.2, -0.15) is 0 Å². The summed E-state index contributed by atoms with van der Waals surface area (Å²) >= 11 is 2.77. The molecular weight excluding hydrogens is 486 g/mol. The van der Waals surface area contributed by atoms with Crippen LogP contribution in [0.2, 0.25) is 0 Å². The quantitative estimate of drug-likeness (QED) is 0.203. The van der Waals surface area contributed by atoms with Crippen molar-refractivity contribution in [3.05, 3.63) is 77.2 Å². The predicted octanol–water partition coefficient (Wildman–Crippen LogP) is 6.90. The van der Waals surface area contributed by atoms with Gasteiger partial charge in [0, 0.05) is 23.1 Å². The van der Waals surface area contributed by atoms with Crippen LogP contribution in [0.5, 0.6) is 0 Å². The van der Waals surface area contributed by atoms with Crippen LogP contribution in [0.3, 0.4) is 0 Å². The van der Waals surface area contributed by atoms with Gasteiger partial charge in [0.25, 0.3) is 0 Å². The Morgan fingerprint density at radius 3 is 2.47 bits per heavy atom. The summed E-state index contributed by atoms with van der Waals surface area (Å²) in [5.74, 6) is 0.831. The zero-order chi connectivity index (χ0) is 25.9. The van der Waals surface area contributed by atoms with Gasteiger partial charge >= 0.3 is 0 Å². The van der Waals surface area contributed by atoms with Crippen molar-refractivity contribution >= 4 is 34.1 Å². The lowest BCUT2D eigenvalue weighted by atomic mass is 9.87. The van der Waals surface area contributed by atoms with Gasteiger partial charge < -0.3 is 5.32 Å². The molecule has 4 rings (SSSR count). The number of thiazole rings is 1. The number of anilines is 1. The molecule has 0 radical (unpaired) electrons. The molecule has 36 heavy (non-hydrogen) atoms. The molecule has 8 heteroatoms. The molecule has 0 unspecified atom stereocenters. The monoisotopic (exact) mass is 517 g/mol. The first-order valence-corrected chi connectivity index (χ1v) is 13.6. The number of carbonyl (C=O) groups excluding carboxylic acids is 1. The Kier molecular flexibility index (Phi) is 7.76. The normalized spacial score (nSPS) is 11.5. The highest BCUT2D eigenvalue weighted by Gasteiger charge is 2.18. The molecule has 2 heterocycles. The summed E-state index contributed by atoms with van der Waals surface area (Å²) in [6.07, 6.45) is 1.81. The van der Waals surface area contributed by atoms with E-state index in [4.69, 9.17) is 0 Å². The average Bonchev–Trinajstić information content (AvgIpc) is 3.46. The molecule has 0 aliphatic rings. The number of aryl methyl sites for hydroxylation is 2. The second-order valence-electron chi connectivity index (χ2n) is 9.71. The highest BCUT2D eigenvalue weighted by Crippen LogP contribution is 2.29. The molecule has 0 aliphatic heterocycles. The van der Waals surface area contributed by atoms with Crippen molar-refractivity contribution < 1.29 is 4.79 Å². The van der Waals surface area contributed by atoms with Crippen molar-refractivity contribution in [1.82, 2.24) is 19.7 Å². The molecule has 6 nitrogen and oxygen atoms in total. The van der Waals surface area contributed by atoms with E-state index in [-0.39, 0.29) is 17.1 Å². The zero-order valence-electron chi connectivity index (χ0n) is 21.3. The number of allylic oxidation sites excluding steroid dienone is 1. The highest BCUT2D eigenvalue weighted by molar-refractivity contribution is 7.99. The summed E-state index contributed by atoms with van der Waals surface area (Å²) < 4.78 is 1.98. The summed E-state index contributed by atoms with van der Waals surface area (Å²) in [4.78, 5) is 17.3. The van der Waals surface area contributed by atoms with Gasteiger partial charge in [-0.05, 0) is 42.0 Å². The van der Waals surface area contributed by atoms with Gasteiger partial charge in [-0.3, -0.25) is 9.36 Å². The van der Waals surface area contributed by atoms with Gasteiger partial charge in [0.15, 0.2) is 16.1 Å². The van der Waals surface area contributed by atoms with Crippen LogP contribution in [0.25, 0.3) is 22.6 Å². The molecule has 2 aromatic heterocycles. The van der Waals surface area contributed by atoms with E-state index >= 15 is 0 Å². The van der Waals surface area contributed by atoms with Crippen LogP contribution in [0.15, 0.2) is 65.7 Å². The predicted molar refractivity (Wildman–Crippen MR) is 151 cm³/mol. The summed E-state index contributed by atoms with van der Waals surface area (Å²) in [5.41, 5.74) is 6.69. The van der Waals surface area contributed by atoms with Crippen LogP contribution in [-0.4, -0.2) is 31.4 Å². The molecular formula is C28H31N5OS2. The number of nitrogens with zero attached hydrogens (tertiary/aromatic N) is 4. The van der Waals surface area contributed by atoms with Gasteiger partial charge in [-0.25, -0.2) is 4.98 Å². The number of amides is 1. The van der Waals surface area contributed by atoms with Crippen molar-refractivity contribution in [2.24, 2.45) is 0 Å². The average molecular weight is 518 g/mol. The van der Waals surface area contributed by atoms with Crippen molar-refractivity contribution in [1.29, 1.82) is 0 Å². The van der Waals surface area contributed by atoms with Gasteiger partial charge in [-0.1, -0.05) is 75.0 Å². The fourth-order valence-corrected chi connectivity index (χ4v) is 5.16. The molecule has 4 aromatic rings. The number of aromatic nitrogens is 4. The number of nitrogens with one attached hydrogen (secondary N) is 1. The van der Waals surface area contributed by atoms with Gasteiger partial charge in [0.05, 0.1) is 11.4 Å². The fourth-order valence-electron chi connectivity index (χ4n) is 3.67. The summed E-state index contributed by atoms with van der Waals surface area (Å²) in [6.45, 7) is 15.2. The number of thioether (sulfide) groups is 1. The van der Waals surface area contributed by atoms with E-state index < -0.39 is 0 Å². The summed E-state index contributed by atoms with van der Waals surface area (Å²) in [5, 5.41) is 14.9. The topological polar surface area (TPSA) is 72.7 Å². The molecule has 1 N–H and O–H groups in total. The third-order valence-electron chi connectivity index (χ3n) is 5.92. The second kappa shape index (κ2) is 10.8. The lowest BCUT2D eigenvalue weighted by Gasteiger charge is -2.19. The first kappa shape index (κ1) is 25.9. The molecule has 0 spiro atoms. The summed E-state index contributed by atoms with van der Waals surface area (Å²) in [7, 11) is 0. The summed E-state index contributed by atoms with van der Waals surface area (Å²) in [6, 6.07) is 14.7. The van der Waals surface area contributed by atoms with E-state index in [1.165, 1.54) is 39.8 Å². The van der Waals surface area contributed by atoms with E-state index in [0.29, 0.717) is 16.8 Å². The fraction of sp³-hybridized carbons (Fsp3) is 0.286. The van der Waals surface area contributed by atoms with Crippen LogP contribution in [-0.2, 0) is 16.8 Å². The van der Waals surface area contributed by atoms with Gasteiger partial charge in [0.1, 0.15) is 0 Å². The van der Waals surface area contributed by atoms with Crippen LogP contribution in [0, 0.1) is 13.8 Å². The molecule has 0 saturated carbocycles.